The van der Waals surface area contributed by atoms with E-state index < -0.39 is 0 Å². The molecule has 3 heteroatoms. The summed E-state index contributed by atoms with van der Waals surface area (Å²) < 4.78 is 2.36. The molecular formula is C52H43N3. The first kappa shape index (κ1) is 34.2. The largest absolute Gasteiger partial charge is 0.309 e. The van der Waals surface area contributed by atoms with E-state index in [-0.39, 0.29) is 0 Å². The zero-order valence-electron chi connectivity index (χ0n) is 32.3. The van der Waals surface area contributed by atoms with Gasteiger partial charge in [0.15, 0.2) is 0 Å². The molecule has 0 aliphatic rings. The van der Waals surface area contributed by atoms with Gasteiger partial charge in [-0.3, -0.25) is 4.98 Å². The number of aromatic nitrogens is 3. The average molecular weight is 710 g/mol. The molecule has 10 rings (SSSR count). The van der Waals surface area contributed by atoms with Crippen LogP contribution in [0.5, 0.6) is 0 Å². The van der Waals surface area contributed by atoms with Gasteiger partial charge in [-0.25, -0.2) is 4.98 Å². The van der Waals surface area contributed by atoms with Crippen molar-refractivity contribution in [3.63, 3.8) is 0 Å². The van der Waals surface area contributed by atoms with Crippen LogP contribution < -0.4 is 0 Å². The summed E-state index contributed by atoms with van der Waals surface area (Å²) in [4.78, 5) is 10.8. The highest BCUT2D eigenvalue weighted by molar-refractivity contribution is 6.24. The summed E-state index contributed by atoms with van der Waals surface area (Å²) >= 11 is 0. The predicted molar refractivity (Wildman–Crippen MR) is 235 cm³/mol. The lowest BCUT2D eigenvalue weighted by Gasteiger charge is -2.16. The summed E-state index contributed by atoms with van der Waals surface area (Å²) in [7, 11) is 0. The van der Waals surface area contributed by atoms with Gasteiger partial charge in [0.25, 0.3) is 0 Å². The Morgan fingerprint density at radius 3 is 1.44 bits per heavy atom. The fourth-order valence-corrected chi connectivity index (χ4v) is 8.72. The molecule has 0 bridgehead atoms. The minimum atomic E-state index is 0.851. The quantitative estimate of drug-likeness (QED) is 0.170. The third kappa shape index (κ3) is 5.58. The molecular weight excluding hydrogens is 667 g/mol. The number of hydrogen-bond acceptors (Lipinski definition) is 2. The lowest BCUT2D eigenvalue weighted by atomic mass is 9.90. The highest BCUT2D eigenvalue weighted by Crippen LogP contribution is 2.40. The van der Waals surface area contributed by atoms with Gasteiger partial charge in [-0.15, -0.1) is 0 Å². The number of hydrogen-bond donors (Lipinski definition) is 0. The summed E-state index contributed by atoms with van der Waals surface area (Å²) in [6.45, 7) is 12.8. The summed E-state index contributed by atoms with van der Waals surface area (Å²) in [5.74, 6) is 0. The van der Waals surface area contributed by atoms with E-state index in [1.807, 2.05) is 20.0 Å². The summed E-state index contributed by atoms with van der Waals surface area (Å²) in [6, 6.07) is 52.8. The minimum absolute atomic E-state index is 0.851. The van der Waals surface area contributed by atoms with Gasteiger partial charge in [0.05, 0.1) is 34.0 Å². The Morgan fingerprint density at radius 1 is 0.400 bits per heavy atom. The van der Waals surface area contributed by atoms with E-state index in [1.165, 1.54) is 77.1 Å². The van der Waals surface area contributed by atoms with Gasteiger partial charge in [0, 0.05) is 32.8 Å². The van der Waals surface area contributed by atoms with Crippen LogP contribution in [0.15, 0.2) is 152 Å². The van der Waals surface area contributed by atoms with Crippen molar-refractivity contribution in [2.75, 3.05) is 0 Å². The molecule has 0 N–H and O–H groups in total. The third-order valence-corrected chi connectivity index (χ3v) is 11.1. The highest BCUT2D eigenvalue weighted by atomic mass is 15.0. The lowest BCUT2D eigenvalue weighted by molar-refractivity contribution is 1.18. The monoisotopic (exact) mass is 709 g/mol. The van der Waals surface area contributed by atoms with Crippen molar-refractivity contribution in [1.82, 2.24) is 14.5 Å². The molecule has 0 aliphatic heterocycles. The number of aryl methyl sites for hydroxylation is 4. The first-order valence-corrected chi connectivity index (χ1v) is 19.3. The van der Waals surface area contributed by atoms with Gasteiger partial charge in [-0.05, 0) is 119 Å². The predicted octanol–water partition coefficient (Wildman–Crippen LogP) is 14.3. The zero-order chi connectivity index (χ0) is 37.8. The van der Waals surface area contributed by atoms with E-state index in [4.69, 9.17) is 9.97 Å². The van der Waals surface area contributed by atoms with Gasteiger partial charge in [-0.1, -0.05) is 123 Å². The standard InChI is InChI=1S/C50H37N3.C2H6/c1-30-12-9-13-31(2)47(30)35-22-24-38-39-25-23-36(48-32(3)14-10-15-33(48)4)28-43(39)50-49(42(38)27-35)51-29-44(52-50)34-16-11-17-37(26-34)53-45-20-7-5-18-40(45)41-19-6-8-21-46(41)53;1-2/h5-29H,1-4H3;1-2H3. The Labute approximate surface area is 322 Å². The molecule has 0 unspecified atom stereocenters. The maximum Gasteiger partial charge on any atom is 0.0979 e. The molecule has 0 fully saturated rings. The molecule has 0 amide bonds. The maximum atomic E-state index is 5.52. The van der Waals surface area contributed by atoms with Crippen LogP contribution in [0.25, 0.3) is 93.6 Å². The van der Waals surface area contributed by atoms with Gasteiger partial charge < -0.3 is 4.57 Å². The second-order valence-corrected chi connectivity index (χ2v) is 14.4. The molecule has 2 aromatic heterocycles. The lowest BCUT2D eigenvalue weighted by Crippen LogP contribution is -1.96. The van der Waals surface area contributed by atoms with Crippen LogP contribution in [0, 0.1) is 27.7 Å². The Morgan fingerprint density at radius 2 is 0.891 bits per heavy atom. The fourth-order valence-electron chi connectivity index (χ4n) is 8.72. The van der Waals surface area contributed by atoms with Crippen molar-refractivity contribution < 1.29 is 0 Å². The number of fused-ring (bicyclic) bond motifs is 9. The summed E-state index contributed by atoms with van der Waals surface area (Å²) in [6.07, 6.45) is 1.96. The van der Waals surface area contributed by atoms with Crippen molar-refractivity contribution in [3.8, 4) is 39.2 Å². The molecule has 2 heterocycles. The number of nitrogens with zero attached hydrogens (tertiary/aromatic N) is 3. The van der Waals surface area contributed by atoms with Crippen molar-refractivity contribution in [2.24, 2.45) is 0 Å². The smallest absolute Gasteiger partial charge is 0.0979 e. The van der Waals surface area contributed by atoms with E-state index >= 15 is 0 Å². The van der Waals surface area contributed by atoms with Crippen molar-refractivity contribution in [2.45, 2.75) is 41.5 Å². The Kier molecular flexibility index (Phi) is 8.51. The molecule has 55 heavy (non-hydrogen) atoms. The minimum Gasteiger partial charge on any atom is -0.309 e. The molecule has 266 valence electrons. The summed E-state index contributed by atoms with van der Waals surface area (Å²) in [5, 5.41) is 7.09. The van der Waals surface area contributed by atoms with Crippen LogP contribution in [0.3, 0.4) is 0 Å². The molecule has 3 nitrogen and oxygen atoms in total. The van der Waals surface area contributed by atoms with Crippen LogP contribution in [-0.4, -0.2) is 14.5 Å². The van der Waals surface area contributed by atoms with Crippen LogP contribution in [-0.2, 0) is 0 Å². The highest BCUT2D eigenvalue weighted by Gasteiger charge is 2.18. The first-order chi connectivity index (χ1) is 26.9. The van der Waals surface area contributed by atoms with Crippen molar-refractivity contribution >= 4 is 54.4 Å². The Hall–Kier alpha value is -6.58. The zero-order valence-corrected chi connectivity index (χ0v) is 32.3. The molecule has 10 aromatic rings. The van der Waals surface area contributed by atoms with E-state index in [2.05, 4.69) is 178 Å². The van der Waals surface area contributed by atoms with E-state index in [0.29, 0.717) is 0 Å². The number of para-hydroxylation sites is 2. The van der Waals surface area contributed by atoms with Crippen molar-refractivity contribution in [3.05, 3.63) is 174 Å². The molecule has 0 radical (unpaired) electrons. The second kappa shape index (κ2) is 13.7. The second-order valence-electron chi connectivity index (χ2n) is 14.4. The van der Waals surface area contributed by atoms with Gasteiger partial charge in [-0.2, -0.15) is 0 Å². The van der Waals surface area contributed by atoms with Crippen molar-refractivity contribution in [1.29, 1.82) is 0 Å². The van der Waals surface area contributed by atoms with E-state index in [1.54, 1.807) is 0 Å². The Bertz CT molecular complexity index is 3020. The number of benzene rings is 8. The fraction of sp³-hybridized carbons (Fsp3) is 0.115. The topological polar surface area (TPSA) is 30.7 Å². The van der Waals surface area contributed by atoms with Crippen LogP contribution in [0.1, 0.15) is 36.1 Å². The number of rotatable bonds is 4. The molecule has 0 spiro atoms. The molecule has 0 saturated heterocycles. The normalized spacial score (nSPS) is 11.5. The SMILES string of the molecule is CC.Cc1cccc(C)c1-c1ccc2c3ccc(-c4c(C)cccc4C)cc3c3nc(-c4cccc(-n5c6ccccc6c6ccccc65)c4)cnc3c2c1. The molecule has 0 saturated carbocycles. The van der Waals surface area contributed by atoms with Crippen LogP contribution in [0.2, 0.25) is 0 Å². The van der Waals surface area contributed by atoms with Crippen LogP contribution in [0.4, 0.5) is 0 Å². The van der Waals surface area contributed by atoms with E-state index in [0.717, 1.165) is 38.8 Å². The van der Waals surface area contributed by atoms with Gasteiger partial charge >= 0.3 is 0 Å². The van der Waals surface area contributed by atoms with Gasteiger partial charge in [0.2, 0.25) is 0 Å². The third-order valence-electron chi connectivity index (χ3n) is 11.1. The van der Waals surface area contributed by atoms with Gasteiger partial charge in [0.1, 0.15) is 0 Å². The first-order valence-electron chi connectivity index (χ1n) is 19.3. The maximum absolute atomic E-state index is 5.52. The summed E-state index contributed by atoms with van der Waals surface area (Å²) in [5.41, 5.74) is 17.2. The Balaban J connectivity index is 0.00000195. The van der Waals surface area contributed by atoms with Crippen LogP contribution >= 0.6 is 0 Å². The van der Waals surface area contributed by atoms with E-state index in [9.17, 15) is 0 Å². The average Bonchev–Trinajstić information content (AvgIpc) is 3.56. The molecule has 0 aliphatic carbocycles. The molecule has 8 aromatic carbocycles. The molecule has 0 atom stereocenters.